The minimum Gasteiger partial charge on any atom is -0.0876 e. The van der Waals surface area contributed by atoms with Gasteiger partial charge in [0.2, 0.25) is 0 Å². The Morgan fingerprint density at radius 2 is 2.11 bits per heavy atom. The van der Waals surface area contributed by atoms with Gasteiger partial charge in [0, 0.05) is 11.6 Å². The second-order valence-corrected chi connectivity index (χ2v) is 2.76. The first-order valence-corrected chi connectivity index (χ1v) is 4.00. The number of rotatable bonds is 1. The zero-order valence-electron chi connectivity index (χ0n) is 10.3. The summed E-state index contributed by atoms with van der Waals surface area (Å²) in [6, 6.07) is -1.12. The van der Waals surface area contributed by atoms with Crippen molar-refractivity contribution in [3.63, 3.8) is 0 Å². The molecule has 0 spiro atoms. The summed E-state index contributed by atoms with van der Waals surface area (Å²) in [5.74, 6) is 0. The van der Waals surface area contributed by atoms with Gasteiger partial charge in [-0.2, -0.15) is 0 Å². The van der Waals surface area contributed by atoms with Crippen LogP contribution in [0.3, 0.4) is 0 Å². The first kappa shape index (κ1) is 2.81. The van der Waals surface area contributed by atoms with Gasteiger partial charge in [-0.25, -0.2) is 0 Å². The fourth-order valence-corrected chi connectivity index (χ4v) is 0.812. The molecule has 0 aliphatic heterocycles. The van der Waals surface area contributed by atoms with E-state index in [4.69, 9.17) is 8.22 Å². The maximum Gasteiger partial charge on any atom is 0.0634 e. The summed E-state index contributed by atoms with van der Waals surface area (Å²) in [6.45, 7) is 0. The van der Waals surface area contributed by atoms with Crippen molar-refractivity contribution in [2.75, 3.05) is 0 Å². The van der Waals surface area contributed by atoms with Crippen molar-refractivity contribution in [2.45, 2.75) is 5.28 Å². The summed E-state index contributed by atoms with van der Waals surface area (Å²) in [5.41, 5.74) is -0.266. The Labute approximate surface area is 85.4 Å². The molecule has 1 rings (SSSR count). The molecule has 2 heteroatoms. The van der Waals surface area contributed by atoms with Gasteiger partial charge in [0.25, 0.3) is 0 Å². The lowest BCUT2D eigenvalue weighted by molar-refractivity contribution is 1.42. The van der Waals surface area contributed by atoms with Crippen molar-refractivity contribution in [2.24, 2.45) is 0 Å². The van der Waals surface area contributed by atoms with Gasteiger partial charge in [0.1, 0.15) is 0 Å². The number of hydrogen-bond donors (Lipinski definition) is 0. The molecule has 0 fully saturated rings. The van der Waals surface area contributed by atoms with E-state index in [0.29, 0.717) is 0 Å². The average molecular weight is 303 g/mol. The van der Waals surface area contributed by atoms with Crippen molar-refractivity contribution >= 4 is 38.5 Å². The molecule has 1 aromatic rings. The lowest BCUT2D eigenvalue weighted by Gasteiger charge is -1.92. The topological polar surface area (TPSA) is 0 Å². The molecule has 0 heterocycles. The molecule has 0 saturated heterocycles. The Bertz CT molecular complexity index is 384. The van der Waals surface area contributed by atoms with Crippen LogP contribution >= 0.6 is 38.5 Å². The Kier molecular flexibility index (Phi) is 1.11. The zero-order valence-corrected chi connectivity index (χ0v) is 8.00. The van der Waals surface area contributed by atoms with Crippen LogP contribution in [0.15, 0.2) is 24.2 Å². The first-order chi connectivity index (χ1) is 6.68. The van der Waals surface area contributed by atoms with E-state index >= 15 is 0 Å². The standard InChI is InChI=1S/C7H6BrI/c8-5-6-1-3-7(9)4-2-6/h1-4H,5H2/i1D,2D,3D,4D,5D2. The summed E-state index contributed by atoms with van der Waals surface area (Å²) in [6.07, 6.45) is 0. The Balaban J connectivity index is 3.68. The normalized spacial score (nSPS) is 20.7. The van der Waals surface area contributed by atoms with E-state index in [2.05, 4.69) is 15.9 Å². The molecule has 1 aromatic carbocycles. The Morgan fingerprint density at radius 3 is 2.56 bits per heavy atom. The molecule has 0 bridgehead atoms. The second kappa shape index (κ2) is 3.56. The number of hydrogen-bond acceptors (Lipinski definition) is 0. The van der Waals surface area contributed by atoms with Crippen molar-refractivity contribution < 1.29 is 8.22 Å². The van der Waals surface area contributed by atoms with Crippen LogP contribution in [0, 0.1) is 3.57 Å². The van der Waals surface area contributed by atoms with Crippen LogP contribution in [0.2, 0.25) is 0 Å². The molecule has 0 atom stereocenters. The van der Waals surface area contributed by atoms with Gasteiger partial charge in [0.05, 0.1) is 5.48 Å². The van der Waals surface area contributed by atoms with Crippen molar-refractivity contribution in [1.82, 2.24) is 0 Å². The molecule has 0 saturated carbocycles. The van der Waals surface area contributed by atoms with Crippen LogP contribution in [0.5, 0.6) is 0 Å². The smallest absolute Gasteiger partial charge is 0.0634 e. The molecule has 0 aliphatic carbocycles. The molecule has 0 aliphatic rings. The van der Waals surface area contributed by atoms with Crippen LogP contribution in [-0.2, 0) is 5.28 Å². The molecular formula is C7H6BrI. The van der Waals surface area contributed by atoms with Crippen molar-refractivity contribution in [1.29, 1.82) is 0 Å². The monoisotopic (exact) mass is 302 g/mol. The predicted molar refractivity (Wildman–Crippen MR) is 51.8 cm³/mol. The molecule has 0 amide bonds. The molecule has 9 heavy (non-hydrogen) atoms. The zero-order chi connectivity index (χ0) is 12.0. The van der Waals surface area contributed by atoms with E-state index in [1.54, 1.807) is 22.6 Å². The van der Waals surface area contributed by atoms with Gasteiger partial charge in [0.15, 0.2) is 0 Å². The summed E-state index contributed by atoms with van der Waals surface area (Å²) in [5, 5.41) is -2.06. The fraction of sp³-hybridized carbons (Fsp3) is 0.143. The highest BCUT2D eigenvalue weighted by Gasteiger charge is 1.86. The summed E-state index contributed by atoms with van der Waals surface area (Å²) in [4.78, 5) is 0. The maximum absolute atomic E-state index is 7.56. The third kappa shape index (κ3) is 2.26. The van der Waals surface area contributed by atoms with E-state index in [0.717, 1.165) is 0 Å². The minimum atomic E-state index is -2.06. The van der Waals surface area contributed by atoms with Gasteiger partial charge in [-0.15, -0.1) is 0 Å². The number of benzene rings is 1. The third-order valence-electron chi connectivity index (χ3n) is 0.689. The van der Waals surface area contributed by atoms with Gasteiger partial charge in [-0.3, -0.25) is 0 Å². The van der Waals surface area contributed by atoms with Crippen LogP contribution in [-0.4, -0.2) is 0 Å². The van der Waals surface area contributed by atoms with Crippen molar-refractivity contribution in [3.8, 4) is 0 Å². The SMILES string of the molecule is [2H]c1c([2H])c(C([2H])([2H])Br)c([2H])c([2H])c1I. The van der Waals surface area contributed by atoms with E-state index in [-0.39, 0.29) is 33.3 Å². The molecule has 0 nitrogen and oxygen atoms in total. The summed E-state index contributed by atoms with van der Waals surface area (Å²) < 4.78 is 45.1. The Hall–Kier alpha value is 0.430. The highest BCUT2D eigenvalue weighted by molar-refractivity contribution is 14.1. The second-order valence-electron chi connectivity index (χ2n) is 1.28. The quantitative estimate of drug-likeness (QED) is 0.552. The molecule has 0 N–H and O–H groups in total. The van der Waals surface area contributed by atoms with E-state index in [9.17, 15) is 0 Å². The molecular weight excluding hydrogens is 291 g/mol. The average Bonchev–Trinajstić information content (AvgIpc) is 2.09. The molecule has 48 valence electrons. The van der Waals surface area contributed by atoms with Crippen molar-refractivity contribution in [3.05, 3.63) is 33.3 Å². The number of halogens is 2. The lowest BCUT2D eigenvalue weighted by atomic mass is 10.2. The van der Waals surface area contributed by atoms with Gasteiger partial charge >= 0.3 is 0 Å². The number of alkyl halides is 1. The summed E-state index contributed by atoms with van der Waals surface area (Å²) >= 11 is 4.42. The van der Waals surface area contributed by atoms with Gasteiger partial charge < -0.3 is 0 Å². The van der Waals surface area contributed by atoms with Crippen LogP contribution in [0.1, 0.15) is 13.8 Å². The van der Waals surface area contributed by atoms with Crippen LogP contribution in [0.4, 0.5) is 0 Å². The van der Waals surface area contributed by atoms with Crippen LogP contribution in [0.25, 0.3) is 0 Å². The highest BCUT2D eigenvalue weighted by Crippen LogP contribution is 2.08. The predicted octanol–water partition coefficient (Wildman–Crippen LogP) is 3.19. The Morgan fingerprint density at radius 1 is 1.56 bits per heavy atom. The van der Waals surface area contributed by atoms with Gasteiger partial charge in [-0.05, 0) is 40.2 Å². The minimum absolute atomic E-state index is 0.197. The van der Waals surface area contributed by atoms with Gasteiger partial charge in [-0.1, -0.05) is 28.0 Å². The fourth-order valence-electron chi connectivity index (χ4n) is 0.344. The van der Waals surface area contributed by atoms with E-state index in [1.807, 2.05) is 0 Å². The largest absolute Gasteiger partial charge is 0.0876 e. The first-order valence-electron chi connectivity index (χ1n) is 5.13. The van der Waals surface area contributed by atoms with E-state index in [1.165, 1.54) is 0 Å². The molecule has 0 aromatic heterocycles. The maximum atomic E-state index is 7.56. The molecule has 0 radical (unpaired) electrons. The molecule has 0 unspecified atom stereocenters. The highest BCUT2D eigenvalue weighted by atomic mass is 127. The third-order valence-corrected chi connectivity index (χ3v) is 1.62. The van der Waals surface area contributed by atoms with Crippen LogP contribution < -0.4 is 0 Å². The summed E-state index contributed by atoms with van der Waals surface area (Å²) in [7, 11) is 0. The lowest BCUT2D eigenvalue weighted by Crippen LogP contribution is -1.75. The van der Waals surface area contributed by atoms with E-state index < -0.39 is 5.28 Å².